The topological polar surface area (TPSA) is 84.9 Å². The van der Waals surface area contributed by atoms with Crippen LogP contribution in [0.25, 0.3) is 0 Å². The molecule has 8 heteroatoms. The van der Waals surface area contributed by atoms with E-state index in [1.807, 2.05) is 0 Å². The summed E-state index contributed by atoms with van der Waals surface area (Å²) >= 11 is 0. The largest absolute Gasteiger partial charge is 0.497 e. The molecule has 3 rings (SSSR count). The van der Waals surface area contributed by atoms with E-state index >= 15 is 0 Å². The predicted octanol–water partition coefficient (Wildman–Crippen LogP) is 3.78. The summed E-state index contributed by atoms with van der Waals surface area (Å²) in [7, 11) is 0.855. The van der Waals surface area contributed by atoms with Gasteiger partial charge in [-0.1, -0.05) is 24.3 Å². The second-order valence-corrected chi connectivity index (χ2v) is 8.83. The van der Waals surface area contributed by atoms with Gasteiger partial charge in [0, 0.05) is 36.5 Å². The zero-order valence-electron chi connectivity index (χ0n) is 17.5. The van der Waals surface area contributed by atoms with Crippen molar-refractivity contribution in [3.05, 3.63) is 83.9 Å². The van der Waals surface area contributed by atoms with Crippen molar-refractivity contribution in [2.24, 2.45) is 0 Å². The van der Waals surface area contributed by atoms with Gasteiger partial charge in [0.1, 0.15) is 11.5 Å². The Bertz CT molecular complexity index is 1160. The second kappa shape index (κ2) is 9.63. The molecule has 0 bridgehead atoms. The number of rotatable bonds is 8. The molecular formula is C23H24N2O5S. The minimum atomic E-state index is -3.69. The second-order valence-electron chi connectivity index (χ2n) is 6.79. The number of ether oxygens (including phenoxy) is 2. The third-order valence-electron chi connectivity index (χ3n) is 4.71. The summed E-state index contributed by atoms with van der Waals surface area (Å²) in [5.41, 5.74) is 1.54. The Labute approximate surface area is 182 Å². The first-order valence-corrected chi connectivity index (χ1v) is 10.9. The third kappa shape index (κ3) is 5.22. The SMILES string of the molecule is COc1cccc(NC(=O)c2ccc(OC)c(CN(C)S(=O)(=O)c3ccccc3)c2)c1. The number of methoxy groups -OCH3 is 2. The predicted molar refractivity (Wildman–Crippen MR) is 119 cm³/mol. The quantitative estimate of drug-likeness (QED) is 0.576. The van der Waals surface area contributed by atoms with Crippen molar-refractivity contribution in [3.63, 3.8) is 0 Å². The lowest BCUT2D eigenvalue weighted by molar-refractivity contribution is 0.102. The molecule has 0 atom stereocenters. The lowest BCUT2D eigenvalue weighted by Gasteiger charge is -2.19. The van der Waals surface area contributed by atoms with Gasteiger partial charge in [0.05, 0.1) is 19.1 Å². The number of carbonyl (C=O) groups is 1. The molecule has 0 aromatic heterocycles. The summed E-state index contributed by atoms with van der Waals surface area (Å²) in [5.74, 6) is 0.791. The first kappa shape index (κ1) is 22.3. The highest BCUT2D eigenvalue weighted by atomic mass is 32.2. The number of amides is 1. The van der Waals surface area contributed by atoms with E-state index in [4.69, 9.17) is 9.47 Å². The number of carbonyl (C=O) groups excluding carboxylic acids is 1. The van der Waals surface area contributed by atoms with Crippen LogP contribution in [0.1, 0.15) is 15.9 Å². The highest BCUT2D eigenvalue weighted by Gasteiger charge is 2.22. The van der Waals surface area contributed by atoms with Crippen LogP contribution in [0.4, 0.5) is 5.69 Å². The summed E-state index contributed by atoms with van der Waals surface area (Å²) in [6.07, 6.45) is 0. The van der Waals surface area contributed by atoms with E-state index in [-0.39, 0.29) is 17.3 Å². The molecule has 1 N–H and O–H groups in total. The summed E-state index contributed by atoms with van der Waals surface area (Å²) in [4.78, 5) is 12.9. The van der Waals surface area contributed by atoms with Gasteiger partial charge in [-0.25, -0.2) is 8.42 Å². The van der Waals surface area contributed by atoms with Gasteiger partial charge in [0.15, 0.2) is 0 Å². The van der Waals surface area contributed by atoms with Gasteiger partial charge in [0.2, 0.25) is 10.0 Å². The number of anilines is 1. The number of hydrogen-bond donors (Lipinski definition) is 1. The van der Waals surface area contributed by atoms with Crippen LogP contribution in [0.2, 0.25) is 0 Å². The lowest BCUT2D eigenvalue weighted by Crippen LogP contribution is -2.27. The fourth-order valence-electron chi connectivity index (χ4n) is 3.04. The van der Waals surface area contributed by atoms with E-state index < -0.39 is 10.0 Å². The minimum Gasteiger partial charge on any atom is -0.497 e. The van der Waals surface area contributed by atoms with Crippen molar-refractivity contribution in [1.29, 1.82) is 0 Å². The fourth-order valence-corrected chi connectivity index (χ4v) is 4.21. The summed E-state index contributed by atoms with van der Waals surface area (Å²) in [6, 6.07) is 20.1. The standard InChI is InChI=1S/C23H24N2O5S/c1-25(31(27,28)21-10-5-4-6-11-21)16-18-14-17(12-13-22(18)30-3)23(26)24-19-8-7-9-20(15-19)29-2/h4-15H,16H2,1-3H3,(H,24,26). The van der Waals surface area contributed by atoms with Gasteiger partial charge in [-0.05, 0) is 42.5 Å². The molecule has 0 heterocycles. The number of hydrogen-bond acceptors (Lipinski definition) is 5. The van der Waals surface area contributed by atoms with Gasteiger partial charge in [-0.15, -0.1) is 0 Å². The van der Waals surface area contributed by atoms with Crippen LogP contribution in [0.15, 0.2) is 77.7 Å². The molecule has 7 nitrogen and oxygen atoms in total. The molecule has 0 fully saturated rings. The first-order chi connectivity index (χ1) is 14.8. The maximum atomic E-state index is 12.9. The van der Waals surface area contributed by atoms with E-state index in [0.717, 1.165) is 0 Å². The molecule has 31 heavy (non-hydrogen) atoms. The summed E-state index contributed by atoms with van der Waals surface area (Å²) < 4.78 is 37.5. The third-order valence-corrected chi connectivity index (χ3v) is 6.53. The van der Waals surface area contributed by atoms with Crippen molar-refractivity contribution in [1.82, 2.24) is 4.31 Å². The zero-order chi connectivity index (χ0) is 22.4. The maximum absolute atomic E-state index is 12.9. The van der Waals surface area contributed by atoms with E-state index in [1.54, 1.807) is 79.9 Å². The summed E-state index contributed by atoms with van der Waals surface area (Å²) in [5, 5.41) is 2.82. The molecule has 0 radical (unpaired) electrons. The Hall–Kier alpha value is -3.36. The van der Waals surface area contributed by atoms with Crippen LogP contribution < -0.4 is 14.8 Å². The molecule has 0 unspecified atom stereocenters. The minimum absolute atomic E-state index is 0.0423. The molecule has 0 aliphatic heterocycles. The average Bonchev–Trinajstić information content (AvgIpc) is 2.79. The molecule has 0 aliphatic carbocycles. The van der Waals surface area contributed by atoms with E-state index in [0.29, 0.717) is 28.3 Å². The highest BCUT2D eigenvalue weighted by Crippen LogP contribution is 2.25. The van der Waals surface area contributed by atoms with Crippen LogP contribution in [-0.2, 0) is 16.6 Å². The van der Waals surface area contributed by atoms with Crippen LogP contribution >= 0.6 is 0 Å². The average molecular weight is 441 g/mol. The van der Waals surface area contributed by atoms with E-state index in [9.17, 15) is 13.2 Å². The van der Waals surface area contributed by atoms with Crippen molar-refractivity contribution in [3.8, 4) is 11.5 Å². The molecule has 0 aliphatic rings. The number of nitrogens with zero attached hydrogens (tertiary/aromatic N) is 1. The Morgan fingerprint density at radius 1 is 0.935 bits per heavy atom. The fraction of sp³-hybridized carbons (Fsp3) is 0.174. The van der Waals surface area contributed by atoms with Gasteiger partial charge < -0.3 is 14.8 Å². The Balaban J connectivity index is 1.84. The summed E-state index contributed by atoms with van der Waals surface area (Å²) in [6.45, 7) is 0.0423. The van der Waals surface area contributed by atoms with Gasteiger partial charge in [-0.3, -0.25) is 4.79 Å². The number of nitrogens with one attached hydrogen (secondary N) is 1. The van der Waals surface area contributed by atoms with Crippen molar-refractivity contribution >= 4 is 21.6 Å². The Kier molecular flexibility index (Phi) is 6.94. The van der Waals surface area contributed by atoms with Gasteiger partial charge in [-0.2, -0.15) is 4.31 Å². The van der Waals surface area contributed by atoms with Crippen molar-refractivity contribution in [2.45, 2.75) is 11.4 Å². The highest BCUT2D eigenvalue weighted by molar-refractivity contribution is 7.89. The molecule has 3 aromatic carbocycles. The number of benzene rings is 3. The number of sulfonamides is 1. The lowest BCUT2D eigenvalue weighted by atomic mass is 10.1. The van der Waals surface area contributed by atoms with Crippen LogP contribution in [0.5, 0.6) is 11.5 Å². The molecule has 0 saturated carbocycles. The normalized spacial score (nSPS) is 11.2. The smallest absolute Gasteiger partial charge is 0.255 e. The monoisotopic (exact) mass is 440 g/mol. The van der Waals surface area contributed by atoms with Gasteiger partial charge >= 0.3 is 0 Å². The van der Waals surface area contributed by atoms with Crippen molar-refractivity contribution in [2.75, 3.05) is 26.6 Å². The molecule has 0 spiro atoms. The zero-order valence-corrected chi connectivity index (χ0v) is 18.3. The van der Waals surface area contributed by atoms with Crippen LogP contribution in [0, 0.1) is 0 Å². The van der Waals surface area contributed by atoms with Crippen molar-refractivity contribution < 1.29 is 22.7 Å². The molecule has 162 valence electrons. The first-order valence-electron chi connectivity index (χ1n) is 9.49. The molecular weight excluding hydrogens is 416 g/mol. The Morgan fingerprint density at radius 3 is 2.35 bits per heavy atom. The van der Waals surface area contributed by atoms with E-state index in [2.05, 4.69) is 5.32 Å². The molecule has 1 amide bonds. The van der Waals surface area contributed by atoms with Gasteiger partial charge in [0.25, 0.3) is 5.91 Å². The van der Waals surface area contributed by atoms with Crippen LogP contribution in [-0.4, -0.2) is 39.9 Å². The molecule has 3 aromatic rings. The molecule has 0 saturated heterocycles. The van der Waals surface area contributed by atoms with Crippen LogP contribution in [0.3, 0.4) is 0 Å². The maximum Gasteiger partial charge on any atom is 0.255 e. The Morgan fingerprint density at radius 2 is 1.68 bits per heavy atom. The van der Waals surface area contributed by atoms with E-state index in [1.165, 1.54) is 18.5 Å².